The van der Waals surface area contributed by atoms with E-state index < -0.39 is 0 Å². The Kier molecular flexibility index (Phi) is 5.03. The lowest BCUT2D eigenvalue weighted by Gasteiger charge is -2.38. The van der Waals surface area contributed by atoms with E-state index in [2.05, 4.69) is 30.1 Å². The molecule has 0 radical (unpaired) electrons. The minimum absolute atomic E-state index is 0.259. The highest BCUT2D eigenvalue weighted by atomic mass is 16.2. The summed E-state index contributed by atoms with van der Waals surface area (Å²) in [4.78, 5) is 14.7. The number of hydrogen-bond acceptors (Lipinski definition) is 2. The van der Waals surface area contributed by atoms with Crippen LogP contribution in [0.4, 0.5) is 0 Å². The van der Waals surface area contributed by atoms with Crippen LogP contribution in [0, 0.1) is 0 Å². The quantitative estimate of drug-likeness (QED) is 0.774. The third-order valence-electron chi connectivity index (χ3n) is 4.46. The van der Waals surface area contributed by atoms with Gasteiger partial charge in [0.15, 0.2) is 0 Å². The molecule has 0 saturated carbocycles. The van der Waals surface area contributed by atoms with Crippen molar-refractivity contribution in [2.45, 2.75) is 77.4 Å². The molecular formula is C16H28N2O. The molecule has 0 spiro atoms. The van der Waals surface area contributed by atoms with Crippen molar-refractivity contribution >= 4 is 5.91 Å². The summed E-state index contributed by atoms with van der Waals surface area (Å²) in [6.07, 6.45) is 8.90. The molecule has 1 amide bonds. The van der Waals surface area contributed by atoms with E-state index in [-0.39, 0.29) is 5.91 Å². The summed E-state index contributed by atoms with van der Waals surface area (Å²) in [7, 11) is 0. The van der Waals surface area contributed by atoms with E-state index in [1.807, 2.05) is 6.92 Å². The Bertz CT molecular complexity index is 339. The number of piperidine rings is 1. The Morgan fingerprint density at radius 2 is 1.89 bits per heavy atom. The Balaban J connectivity index is 2.07. The molecule has 2 saturated heterocycles. The number of hydrogen-bond donors (Lipinski definition) is 1. The van der Waals surface area contributed by atoms with Crippen molar-refractivity contribution in [1.82, 2.24) is 10.2 Å². The Labute approximate surface area is 117 Å². The molecule has 2 aliphatic heterocycles. The maximum absolute atomic E-state index is 12.6. The zero-order valence-corrected chi connectivity index (χ0v) is 12.6. The first-order valence-corrected chi connectivity index (χ1v) is 7.89. The van der Waals surface area contributed by atoms with E-state index in [0.717, 1.165) is 37.8 Å². The van der Waals surface area contributed by atoms with Crippen molar-refractivity contribution in [3.05, 3.63) is 11.6 Å². The van der Waals surface area contributed by atoms with Crippen LogP contribution in [0.2, 0.25) is 0 Å². The third-order valence-corrected chi connectivity index (χ3v) is 4.46. The molecule has 2 bridgehead atoms. The molecule has 2 unspecified atom stereocenters. The van der Waals surface area contributed by atoms with Crippen LogP contribution in [-0.4, -0.2) is 35.5 Å². The normalized spacial score (nSPS) is 30.5. The van der Waals surface area contributed by atoms with Crippen LogP contribution >= 0.6 is 0 Å². The van der Waals surface area contributed by atoms with E-state index in [1.165, 1.54) is 12.8 Å². The summed E-state index contributed by atoms with van der Waals surface area (Å²) in [5, 5.41) is 3.66. The van der Waals surface area contributed by atoms with Gasteiger partial charge in [-0.05, 0) is 45.4 Å². The van der Waals surface area contributed by atoms with Gasteiger partial charge in [0.1, 0.15) is 0 Å². The van der Waals surface area contributed by atoms with Crippen LogP contribution in [0.3, 0.4) is 0 Å². The Morgan fingerprint density at radius 1 is 1.26 bits per heavy atom. The average Bonchev–Trinajstić information content (AvgIpc) is 2.74. The van der Waals surface area contributed by atoms with Gasteiger partial charge in [-0.1, -0.05) is 19.9 Å². The highest BCUT2D eigenvalue weighted by molar-refractivity contribution is 5.93. The van der Waals surface area contributed by atoms with Crippen LogP contribution < -0.4 is 5.32 Å². The number of nitrogens with one attached hydrogen (secondary N) is 1. The maximum Gasteiger partial charge on any atom is 0.249 e. The lowest BCUT2D eigenvalue weighted by atomic mass is 9.97. The van der Waals surface area contributed by atoms with E-state index in [1.54, 1.807) is 0 Å². The second-order valence-corrected chi connectivity index (χ2v) is 6.06. The van der Waals surface area contributed by atoms with Gasteiger partial charge in [0.25, 0.3) is 0 Å². The predicted molar refractivity (Wildman–Crippen MR) is 79.0 cm³/mol. The summed E-state index contributed by atoms with van der Waals surface area (Å²) in [5.41, 5.74) is 0.918. The van der Waals surface area contributed by atoms with Gasteiger partial charge in [0.2, 0.25) is 5.91 Å². The highest BCUT2D eigenvalue weighted by Crippen LogP contribution is 2.30. The van der Waals surface area contributed by atoms with E-state index >= 15 is 0 Å². The number of carbonyl (C=O) groups is 1. The van der Waals surface area contributed by atoms with Crippen molar-refractivity contribution < 1.29 is 4.79 Å². The lowest BCUT2D eigenvalue weighted by Crippen LogP contribution is -2.50. The topological polar surface area (TPSA) is 32.3 Å². The van der Waals surface area contributed by atoms with Crippen molar-refractivity contribution in [2.24, 2.45) is 0 Å². The molecule has 0 aliphatic carbocycles. The molecule has 19 heavy (non-hydrogen) atoms. The minimum atomic E-state index is 0.259. The molecule has 2 atom stereocenters. The highest BCUT2D eigenvalue weighted by Gasteiger charge is 2.37. The standard InChI is InChI=1S/C16H28N2O/c1-4-6-12(3)16(19)18(9-5-2)15-10-13-7-8-14(11-15)17-13/h6,13-15,17H,4-5,7-11H2,1-3H3/b12-6+. The van der Waals surface area contributed by atoms with Crippen LogP contribution in [0.5, 0.6) is 0 Å². The fourth-order valence-corrected chi connectivity index (χ4v) is 3.59. The SMILES string of the molecule is CC/C=C(\C)C(=O)N(CCC)C1CC2CCC(C1)N2. The first-order valence-electron chi connectivity index (χ1n) is 7.89. The summed E-state index contributed by atoms with van der Waals surface area (Å²) < 4.78 is 0. The molecule has 2 heterocycles. The molecule has 3 nitrogen and oxygen atoms in total. The van der Waals surface area contributed by atoms with Gasteiger partial charge in [-0.25, -0.2) is 0 Å². The summed E-state index contributed by atoms with van der Waals surface area (Å²) in [5.74, 6) is 0.259. The van der Waals surface area contributed by atoms with Crippen LogP contribution in [0.25, 0.3) is 0 Å². The number of amides is 1. The van der Waals surface area contributed by atoms with Crippen LogP contribution in [-0.2, 0) is 4.79 Å². The Morgan fingerprint density at radius 3 is 2.42 bits per heavy atom. The second kappa shape index (κ2) is 6.56. The molecule has 2 rings (SSSR count). The number of fused-ring (bicyclic) bond motifs is 2. The zero-order valence-electron chi connectivity index (χ0n) is 12.6. The molecule has 0 aromatic carbocycles. The average molecular weight is 264 g/mol. The lowest BCUT2D eigenvalue weighted by molar-refractivity contribution is -0.130. The molecule has 2 aliphatic rings. The number of rotatable bonds is 5. The van der Waals surface area contributed by atoms with Crippen molar-refractivity contribution in [2.75, 3.05) is 6.54 Å². The van der Waals surface area contributed by atoms with Gasteiger partial charge in [-0.3, -0.25) is 4.79 Å². The van der Waals surface area contributed by atoms with Gasteiger partial charge in [0.05, 0.1) is 0 Å². The van der Waals surface area contributed by atoms with Gasteiger partial charge < -0.3 is 10.2 Å². The smallest absolute Gasteiger partial charge is 0.249 e. The van der Waals surface area contributed by atoms with Crippen molar-refractivity contribution in [3.63, 3.8) is 0 Å². The van der Waals surface area contributed by atoms with Gasteiger partial charge >= 0.3 is 0 Å². The minimum Gasteiger partial charge on any atom is -0.336 e. The molecule has 0 aromatic rings. The largest absolute Gasteiger partial charge is 0.336 e. The zero-order chi connectivity index (χ0) is 13.8. The molecule has 1 N–H and O–H groups in total. The summed E-state index contributed by atoms with van der Waals surface area (Å²) >= 11 is 0. The van der Waals surface area contributed by atoms with E-state index in [4.69, 9.17) is 0 Å². The summed E-state index contributed by atoms with van der Waals surface area (Å²) in [6.45, 7) is 7.11. The number of nitrogens with zero attached hydrogens (tertiary/aromatic N) is 1. The second-order valence-electron chi connectivity index (χ2n) is 6.06. The van der Waals surface area contributed by atoms with Gasteiger partial charge in [-0.2, -0.15) is 0 Å². The first-order chi connectivity index (χ1) is 9.15. The fraction of sp³-hybridized carbons (Fsp3) is 0.812. The fourth-order valence-electron chi connectivity index (χ4n) is 3.59. The first kappa shape index (κ1) is 14.6. The van der Waals surface area contributed by atoms with Crippen LogP contribution in [0.15, 0.2) is 11.6 Å². The molecular weight excluding hydrogens is 236 g/mol. The number of allylic oxidation sites excluding steroid dienone is 1. The third kappa shape index (κ3) is 3.38. The molecule has 3 heteroatoms. The molecule has 108 valence electrons. The van der Waals surface area contributed by atoms with Crippen LogP contribution in [0.1, 0.15) is 59.3 Å². The number of carbonyl (C=O) groups excluding carboxylic acids is 1. The van der Waals surface area contributed by atoms with E-state index in [9.17, 15) is 4.79 Å². The van der Waals surface area contributed by atoms with Gasteiger partial charge in [-0.15, -0.1) is 0 Å². The van der Waals surface area contributed by atoms with E-state index in [0.29, 0.717) is 18.1 Å². The Hall–Kier alpha value is -0.830. The van der Waals surface area contributed by atoms with Crippen molar-refractivity contribution in [1.29, 1.82) is 0 Å². The summed E-state index contributed by atoms with van der Waals surface area (Å²) in [6, 6.07) is 1.74. The van der Waals surface area contributed by atoms with Gasteiger partial charge in [0, 0.05) is 30.2 Å². The maximum atomic E-state index is 12.6. The molecule has 2 fully saturated rings. The molecule has 0 aromatic heterocycles. The monoisotopic (exact) mass is 264 g/mol. The predicted octanol–water partition coefficient (Wildman–Crippen LogP) is 2.86. The van der Waals surface area contributed by atoms with Crippen molar-refractivity contribution in [3.8, 4) is 0 Å².